The molecule has 6 nitrogen and oxygen atoms in total. The first-order valence-corrected chi connectivity index (χ1v) is 12.8. The number of ether oxygens (including phenoxy) is 1. The number of methoxy groups -OCH3 is 1. The minimum absolute atomic E-state index is 0.0550. The monoisotopic (exact) mass is 541 g/mol. The quantitative estimate of drug-likeness (QED) is 0.363. The number of nitrogens with one attached hydrogen (secondary N) is 1. The second-order valence-corrected chi connectivity index (χ2v) is 9.78. The van der Waals surface area contributed by atoms with Crippen molar-refractivity contribution < 1.29 is 27.5 Å². The van der Waals surface area contributed by atoms with Gasteiger partial charge < -0.3 is 10.1 Å². The minimum atomic E-state index is -4.53. The van der Waals surface area contributed by atoms with Gasteiger partial charge in [0.15, 0.2) is 5.17 Å². The fourth-order valence-corrected chi connectivity index (χ4v) is 5.03. The van der Waals surface area contributed by atoms with Gasteiger partial charge in [-0.25, -0.2) is 4.99 Å². The van der Waals surface area contributed by atoms with Gasteiger partial charge in [-0.15, -0.1) is 0 Å². The summed E-state index contributed by atoms with van der Waals surface area (Å²) in [6.07, 6.45) is -3.24. The lowest BCUT2D eigenvalue weighted by atomic mass is 10.1. The Hall–Kier alpha value is -3.79. The van der Waals surface area contributed by atoms with E-state index in [1.165, 1.54) is 24.1 Å². The summed E-state index contributed by atoms with van der Waals surface area (Å²) in [5, 5.41) is 2.19. The molecule has 1 unspecified atom stereocenters. The number of thioether (sulfide) groups is 1. The molecule has 1 aliphatic heterocycles. The average molecular weight is 542 g/mol. The molecule has 3 aromatic carbocycles. The second kappa shape index (κ2) is 12.2. The molecular weight excluding hydrogens is 515 g/mol. The Bertz CT molecular complexity index is 1300. The Morgan fingerprint density at radius 3 is 2.50 bits per heavy atom. The van der Waals surface area contributed by atoms with Gasteiger partial charge in [-0.3, -0.25) is 14.5 Å². The molecule has 1 fully saturated rings. The SMILES string of the molecule is COc1ccc(NC(=O)C2CC(=O)N(CCCc3ccccc3)C(=Nc3cccc(C(F)(F)F)c3)S2)cc1. The van der Waals surface area contributed by atoms with Crippen molar-refractivity contribution in [2.75, 3.05) is 19.0 Å². The maximum atomic E-state index is 13.3. The number of hydrogen-bond donors (Lipinski definition) is 1. The highest BCUT2D eigenvalue weighted by Crippen LogP contribution is 2.34. The van der Waals surface area contributed by atoms with E-state index in [-0.39, 0.29) is 23.2 Å². The van der Waals surface area contributed by atoms with Gasteiger partial charge >= 0.3 is 6.18 Å². The molecule has 0 aliphatic carbocycles. The number of carbonyl (C=O) groups excluding carboxylic acids is 2. The van der Waals surface area contributed by atoms with E-state index in [4.69, 9.17) is 4.74 Å². The van der Waals surface area contributed by atoms with Crippen molar-refractivity contribution in [1.82, 2.24) is 4.90 Å². The van der Waals surface area contributed by atoms with Crippen LogP contribution in [0, 0.1) is 0 Å². The molecule has 4 rings (SSSR count). The Balaban J connectivity index is 1.55. The molecule has 1 aliphatic rings. The van der Waals surface area contributed by atoms with Crippen molar-refractivity contribution in [1.29, 1.82) is 0 Å². The summed E-state index contributed by atoms with van der Waals surface area (Å²) in [6.45, 7) is 0.325. The Morgan fingerprint density at radius 2 is 1.82 bits per heavy atom. The van der Waals surface area contributed by atoms with Gasteiger partial charge in [-0.1, -0.05) is 48.2 Å². The zero-order valence-corrected chi connectivity index (χ0v) is 21.4. The lowest BCUT2D eigenvalue weighted by Gasteiger charge is -2.32. The van der Waals surface area contributed by atoms with Crippen LogP contribution in [-0.2, 0) is 22.2 Å². The van der Waals surface area contributed by atoms with Crippen LogP contribution in [0.4, 0.5) is 24.5 Å². The predicted molar refractivity (Wildman–Crippen MR) is 143 cm³/mol. The fraction of sp³-hybridized carbons (Fsp3) is 0.250. The molecule has 2 amide bonds. The fourth-order valence-electron chi connectivity index (χ4n) is 3.91. The number of carbonyl (C=O) groups is 2. The first kappa shape index (κ1) is 27.3. The first-order valence-electron chi connectivity index (χ1n) is 11.9. The molecule has 1 atom stereocenters. The summed E-state index contributed by atoms with van der Waals surface area (Å²) in [5.41, 5.74) is 0.860. The Kier molecular flexibility index (Phi) is 8.73. The summed E-state index contributed by atoms with van der Waals surface area (Å²) >= 11 is 1.07. The maximum absolute atomic E-state index is 13.3. The van der Waals surface area contributed by atoms with Gasteiger partial charge in [-0.05, 0) is 60.9 Å². The number of benzene rings is 3. The summed E-state index contributed by atoms with van der Waals surface area (Å²) in [7, 11) is 1.54. The average Bonchev–Trinajstić information content (AvgIpc) is 2.90. The van der Waals surface area contributed by atoms with Crippen molar-refractivity contribution in [3.05, 3.63) is 90.0 Å². The van der Waals surface area contributed by atoms with Gasteiger partial charge in [-0.2, -0.15) is 13.2 Å². The van der Waals surface area contributed by atoms with Crippen LogP contribution in [0.2, 0.25) is 0 Å². The Labute approximate surface area is 222 Å². The van der Waals surface area contributed by atoms with Crippen LogP contribution in [0.3, 0.4) is 0 Å². The second-order valence-electron chi connectivity index (χ2n) is 8.61. The Morgan fingerprint density at radius 1 is 1.08 bits per heavy atom. The third kappa shape index (κ3) is 7.16. The summed E-state index contributed by atoms with van der Waals surface area (Å²) in [4.78, 5) is 32.1. The van der Waals surface area contributed by atoms with Crippen LogP contribution in [-0.4, -0.2) is 40.8 Å². The minimum Gasteiger partial charge on any atom is -0.497 e. The molecule has 1 heterocycles. The number of halogens is 3. The predicted octanol–water partition coefficient (Wildman–Crippen LogP) is 6.31. The van der Waals surface area contributed by atoms with Crippen LogP contribution in [0.25, 0.3) is 0 Å². The summed E-state index contributed by atoms with van der Waals surface area (Å²) in [6, 6.07) is 21.1. The number of hydrogen-bond acceptors (Lipinski definition) is 5. The summed E-state index contributed by atoms with van der Waals surface area (Å²) < 4.78 is 44.9. The maximum Gasteiger partial charge on any atom is 0.416 e. The van der Waals surface area contributed by atoms with Crippen LogP contribution in [0.15, 0.2) is 83.9 Å². The number of alkyl halides is 3. The topological polar surface area (TPSA) is 71.0 Å². The first-order chi connectivity index (χ1) is 18.2. The third-order valence-electron chi connectivity index (χ3n) is 5.88. The van der Waals surface area contributed by atoms with Gasteiger partial charge in [0.1, 0.15) is 11.0 Å². The van der Waals surface area contributed by atoms with Crippen molar-refractivity contribution in [2.24, 2.45) is 4.99 Å². The van der Waals surface area contributed by atoms with E-state index in [1.54, 1.807) is 24.3 Å². The van der Waals surface area contributed by atoms with Gasteiger partial charge in [0.2, 0.25) is 11.8 Å². The van der Waals surface area contributed by atoms with Crippen molar-refractivity contribution >= 4 is 40.1 Å². The van der Waals surface area contributed by atoms with E-state index < -0.39 is 22.9 Å². The van der Waals surface area contributed by atoms with Crippen molar-refractivity contribution in [3.63, 3.8) is 0 Å². The van der Waals surface area contributed by atoms with E-state index >= 15 is 0 Å². The number of amides is 2. The van der Waals surface area contributed by atoms with Crippen LogP contribution in [0.5, 0.6) is 5.75 Å². The van der Waals surface area contributed by atoms with E-state index in [2.05, 4.69) is 10.3 Å². The molecule has 1 saturated heterocycles. The standard InChI is InChI=1S/C28H26F3N3O3S/c1-37-23-14-12-21(13-15-23)32-26(36)24-18-25(35)34(16-6-9-19-7-3-2-4-8-19)27(38-24)33-22-11-5-10-20(17-22)28(29,30)31/h2-5,7-8,10-15,17,24H,6,9,16,18H2,1H3,(H,32,36). The largest absolute Gasteiger partial charge is 0.497 e. The van der Waals surface area contributed by atoms with Crippen LogP contribution >= 0.6 is 11.8 Å². The van der Waals surface area contributed by atoms with E-state index in [0.717, 1.165) is 29.5 Å². The number of aliphatic imine (C=N–C) groups is 1. The number of rotatable bonds is 8. The van der Waals surface area contributed by atoms with E-state index in [0.29, 0.717) is 30.8 Å². The highest BCUT2D eigenvalue weighted by molar-refractivity contribution is 8.15. The molecule has 198 valence electrons. The van der Waals surface area contributed by atoms with Crippen molar-refractivity contribution in [2.45, 2.75) is 30.7 Å². The summed E-state index contributed by atoms with van der Waals surface area (Å²) in [5.74, 6) is -0.0708. The molecule has 0 bridgehead atoms. The number of amidine groups is 1. The van der Waals surface area contributed by atoms with Crippen molar-refractivity contribution in [3.8, 4) is 5.75 Å². The highest BCUT2D eigenvalue weighted by Gasteiger charge is 2.36. The highest BCUT2D eigenvalue weighted by atomic mass is 32.2. The lowest BCUT2D eigenvalue weighted by Crippen LogP contribution is -2.45. The normalized spacial score (nSPS) is 16.9. The van der Waals surface area contributed by atoms with Gasteiger partial charge in [0.25, 0.3) is 0 Å². The molecular formula is C28H26F3N3O3S. The van der Waals surface area contributed by atoms with Crippen LogP contribution in [0.1, 0.15) is 24.0 Å². The number of nitrogens with zero attached hydrogens (tertiary/aromatic N) is 2. The smallest absolute Gasteiger partial charge is 0.416 e. The molecule has 1 N–H and O–H groups in total. The van der Waals surface area contributed by atoms with Gasteiger partial charge in [0.05, 0.1) is 18.4 Å². The number of aryl methyl sites for hydroxylation is 1. The van der Waals surface area contributed by atoms with E-state index in [1.807, 2.05) is 30.3 Å². The van der Waals surface area contributed by atoms with Gasteiger partial charge in [0, 0.05) is 18.7 Å². The molecule has 0 aromatic heterocycles. The molecule has 10 heteroatoms. The molecule has 3 aromatic rings. The molecule has 38 heavy (non-hydrogen) atoms. The zero-order valence-electron chi connectivity index (χ0n) is 20.6. The molecule has 0 radical (unpaired) electrons. The number of anilines is 1. The lowest BCUT2D eigenvalue weighted by molar-refractivity contribution is -0.137. The molecule has 0 saturated carbocycles. The van der Waals surface area contributed by atoms with E-state index in [9.17, 15) is 22.8 Å². The molecule has 0 spiro atoms. The van der Waals surface area contributed by atoms with Crippen LogP contribution < -0.4 is 10.1 Å². The third-order valence-corrected chi connectivity index (χ3v) is 7.07. The zero-order chi connectivity index (χ0) is 27.1.